The van der Waals surface area contributed by atoms with Crippen molar-refractivity contribution in [2.24, 2.45) is 0 Å². The monoisotopic (exact) mass is 348 g/mol. The highest BCUT2D eigenvalue weighted by Gasteiger charge is 2.36. The summed E-state index contributed by atoms with van der Waals surface area (Å²) < 4.78 is 1.12. The van der Waals surface area contributed by atoms with Crippen LogP contribution in [0.4, 0.5) is 0 Å². The first kappa shape index (κ1) is 13.8. The molecule has 22 heavy (non-hydrogen) atoms. The van der Waals surface area contributed by atoms with Crippen molar-refractivity contribution in [2.75, 3.05) is 0 Å². The van der Waals surface area contributed by atoms with Crippen molar-refractivity contribution in [1.29, 1.82) is 0 Å². The first-order chi connectivity index (χ1) is 10.6. The summed E-state index contributed by atoms with van der Waals surface area (Å²) in [7, 11) is 0. The number of hydrogen-bond donors (Lipinski definition) is 0. The lowest BCUT2D eigenvalue weighted by Gasteiger charge is -2.24. The van der Waals surface area contributed by atoms with Gasteiger partial charge >= 0.3 is 0 Å². The van der Waals surface area contributed by atoms with E-state index in [9.17, 15) is 0 Å². The van der Waals surface area contributed by atoms with Crippen LogP contribution in [0.1, 0.15) is 25.0 Å². The fourth-order valence-electron chi connectivity index (χ4n) is 3.72. The number of halogens is 1. The lowest BCUT2D eigenvalue weighted by molar-refractivity contribution is 0.662. The van der Waals surface area contributed by atoms with Gasteiger partial charge in [-0.05, 0) is 45.5 Å². The van der Waals surface area contributed by atoms with E-state index in [4.69, 9.17) is 0 Å². The number of benzene rings is 3. The highest BCUT2D eigenvalue weighted by molar-refractivity contribution is 9.10. The summed E-state index contributed by atoms with van der Waals surface area (Å²) in [6, 6.07) is 24.1. The molecule has 1 aliphatic carbocycles. The number of rotatable bonds is 1. The predicted molar refractivity (Wildman–Crippen MR) is 97.1 cm³/mol. The van der Waals surface area contributed by atoms with Crippen molar-refractivity contribution in [3.05, 3.63) is 82.3 Å². The van der Waals surface area contributed by atoms with Crippen LogP contribution in [0.5, 0.6) is 0 Å². The van der Waals surface area contributed by atoms with Crippen LogP contribution in [0.3, 0.4) is 0 Å². The summed E-state index contributed by atoms with van der Waals surface area (Å²) >= 11 is 3.53. The molecule has 0 nitrogen and oxygen atoms in total. The van der Waals surface area contributed by atoms with Crippen LogP contribution in [0, 0.1) is 0 Å². The normalized spacial score (nSPS) is 14.5. The molecule has 0 aromatic heterocycles. The van der Waals surface area contributed by atoms with Gasteiger partial charge in [0.25, 0.3) is 0 Å². The molecular weight excluding hydrogens is 332 g/mol. The zero-order chi connectivity index (χ0) is 15.3. The highest BCUT2D eigenvalue weighted by Crippen LogP contribution is 2.51. The quantitative estimate of drug-likeness (QED) is 0.475. The molecule has 0 saturated carbocycles. The van der Waals surface area contributed by atoms with Gasteiger partial charge in [0.1, 0.15) is 0 Å². The van der Waals surface area contributed by atoms with Crippen LogP contribution in [0.15, 0.2) is 71.2 Å². The average Bonchev–Trinajstić information content (AvgIpc) is 2.77. The van der Waals surface area contributed by atoms with Gasteiger partial charge in [-0.25, -0.2) is 0 Å². The third kappa shape index (κ3) is 1.89. The van der Waals surface area contributed by atoms with E-state index in [0.29, 0.717) is 0 Å². The molecule has 0 radical (unpaired) electrons. The smallest absolute Gasteiger partial charge is 0.0175 e. The standard InChI is InChI=1S/C21H17Br/c1-21(2)19-9-4-3-6-17(19)18-8-5-7-16(20(18)21)14-10-12-15(22)13-11-14/h3-13H,1-2H3. The minimum absolute atomic E-state index is 0.0373. The maximum absolute atomic E-state index is 3.53. The van der Waals surface area contributed by atoms with Gasteiger partial charge in [0.15, 0.2) is 0 Å². The maximum atomic E-state index is 3.53. The van der Waals surface area contributed by atoms with Gasteiger partial charge in [-0.2, -0.15) is 0 Å². The van der Waals surface area contributed by atoms with Crippen LogP contribution < -0.4 is 0 Å². The van der Waals surface area contributed by atoms with Crippen molar-refractivity contribution >= 4 is 15.9 Å². The summed E-state index contributed by atoms with van der Waals surface area (Å²) in [4.78, 5) is 0. The van der Waals surface area contributed by atoms with Gasteiger partial charge in [0.2, 0.25) is 0 Å². The van der Waals surface area contributed by atoms with Crippen molar-refractivity contribution < 1.29 is 0 Å². The summed E-state index contributed by atoms with van der Waals surface area (Å²) in [6.07, 6.45) is 0. The van der Waals surface area contributed by atoms with Gasteiger partial charge in [0.05, 0.1) is 0 Å². The minimum Gasteiger partial charge on any atom is -0.0619 e. The fraction of sp³-hybridized carbons (Fsp3) is 0.143. The molecule has 3 aromatic rings. The summed E-state index contributed by atoms with van der Waals surface area (Å²) in [5.41, 5.74) is 8.28. The van der Waals surface area contributed by atoms with Crippen molar-refractivity contribution in [3.8, 4) is 22.3 Å². The second-order valence-corrected chi connectivity index (χ2v) is 7.32. The first-order valence-corrected chi connectivity index (χ1v) is 8.37. The van der Waals surface area contributed by atoms with Crippen LogP contribution in [-0.2, 0) is 5.41 Å². The highest BCUT2D eigenvalue weighted by atomic mass is 79.9. The Morgan fingerprint density at radius 1 is 0.682 bits per heavy atom. The molecule has 0 saturated heterocycles. The molecular formula is C21H17Br. The molecule has 0 fully saturated rings. The third-order valence-corrected chi connectivity index (χ3v) is 5.26. The second kappa shape index (κ2) is 4.82. The van der Waals surface area contributed by atoms with Crippen LogP contribution in [-0.4, -0.2) is 0 Å². The topological polar surface area (TPSA) is 0 Å². The molecule has 0 unspecified atom stereocenters. The summed E-state index contributed by atoms with van der Waals surface area (Å²) in [5, 5.41) is 0. The Morgan fingerprint density at radius 2 is 1.32 bits per heavy atom. The molecule has 0 amide bonds. The van der Waals surface area contributed by atoms with E-state index in [1.54, 1.807) is 0 Å². The lowest BCUT2D eigenvalue weighted by Crippen LogP contribution is -2.16. The predicted octanol–water partition coefficient (Wildman–Crippen LogP) is 6.42. The molecule has 4 rings (SSSR count). The summed E-state index contributed by atoms with van der Waals surface area (Å²) in [6.45, 7) is 4.67. The van der Waals surface area contributed by atoms with Crippen LogP contribution >= 0.6 is 15.9 Å². The van der Waals surface area contributed by atoms with Gasteiger partial charge in [-0.3, -0.25) is 0 Å². The van der Waals surface area contributed by atoms with Gasteiger partial charge in [0, 0.05) is 9.89 Å². The molecule has 0 atom stereocenters. The van der Waals surface area contributed by atoms with E-state index in [-0.39, 0.29) is 5.41 Å². The Balaban J connectivity index is 2.02. The minimum atomic E-state index is 0.0373. The maximum Gasteiger partial charge on any atom is 0.0175 e. The first-order valence-electron chi connectivity index (χ1n) is 7.58. The van der Waals surface area contributed by atoms with E-state index in [0.717, 1.165) is 4.47 Å². The SMILES string of the molecule is CC1(C)c2ccccc2-c2cccc(-c3ccc(Br)cc3)c21. The molecule has 0 N–H and O–H groups in total. The molecule has 1 heteroatoms. The Bertz CT molecular complexity index is 857. The Labute approximate surface area is 140 Å². The van der Waals surface area contributed by atoms with Crippen molar-refractivity contribution in [3.63, 3.8) is 0 Å². The van der Waals surface area contributed by atoms with E-state index < -0.39 is 0 Å². The van der Waals surface area contributed by atoms with Gasteiger partial charge in [-0.15, -0.1) is 0 Å². The van der Waals surface area contributed by atoms with Gasteiger partial charge < -0.3 is 0 Å². The molecule has 1 aliphatic rings. The Hall–Kier alpha value is -1.86. The van der Waals surface area contributed by atoms with Crippen molar-refractivity contribution in [1.82, 2.24) is 0 Å². The molecule has 3 aromatic carbocycles. The van der Waals surface area contributed by atoms with Crippen LogP contribution in [0.25, 0.3) is 22.3 Å². The second-order valence-electron chi connectivity index (χ2n) is 6.41. The largest absolute Gasteiger partial charge is 0.0619 e. The Kier molecular flexibility index (Phi) is 3.02. The molecule has 0 spiro atoms. The van der Waals surface area contributed by atoms with Gasteiger partial charge in [-0.1, -0.05) is 84.4 Å². The van der Waals surface area contributed by atoms with E-state index in [1.807, 2.05) is 0 Å². The molecule has 108 valence electrons. The van der Waals surface area contributed by atoms with E-state index >= 15 is 0 Å². The van der Waals surface area contributed by atoms with E-state index in [2.05, 4.69) is 96.5 Å². The summed E-state index contributed by atoms with van der Waals surface area (Å²) in [5.74, 6) is 0. The zero-order valence-corrected chi connectivity index (χ0v) is 14.3. The number of hydrogen-bond acceptors (Lipinski definition) is 0. The van der Waals surface area contributed by atoms with Crippen LogP contribution in [0.2, 0.25) is 0 Å². The molecule has 0 heterocycles. The zero-order valence-electron chi connectivity index (χ0n) is 12.7. The average molecular weight is 349 g/mol. The van der Waals surface area contributed by atoms with Crippen molar-refractivity contribution in [2.45, 2.75) is 19.3 Å². The third-order valence-electron chi connectivity index (χ3n) is 4.74. The fourth-order valence-corrected chi connectivity index (χ4v) is 3.98. The Morgan fingerprint density at radius 3 is 2.09 bits per heavy atom. The number of fused-ring (bicyclic) bond motifs is 3. The lowest BCUT2D eigenvalue weighted by atomic mass is 9.79. The molecule has 0 aliphatic heterocycles. The van der Waals surface area contributed by atoms with E-state index in [1.165, 1.54) is 33.4 Å². The molecule has 0 bridgehead atoms.